The molecule has 2 saturated carbocycles. The van der Waals surface area contributed by atoms with E-state index in [9.17, 15) is 4.79 Å². The van der Waals surface area contributed by atoms with Crippen molar-refractivity contribution in [3.8, 4) is 0 Å². The summed E-state index contributed by atoms with van der Waals surface area (Å²) < 4.78 is 0. The largest absolute Gasteiger partial charge is 0.338 e. The second kappa shape index (κ2) is 2.72. The molecular formula is C11H18N2O. The maximum Gasteiger partial charge on any atom is 0.226 e. The van der Waals surface area contributed by atoms with Crippen LogP contribution in [0.2, 0.25) is 0 Å². The molecule has 4 aliphatic rings. The Morgan fingerprint density at radius 2 is 2.29 bits per heavy atom. The van der Waals surface area contributed by atoms with Crippen molar-refractivity contribution in [2.24, 2.45) is 23.5 Å². The lowest BCUT2D eigenvalue weighted by molar-refractivity contribution is -0.133. The number of carbonyl (C=O) groups excluding carboxylic acids is 1. The van der Waals surface area contributed by atoms with E-state index in [4.69, 9.17) is 5.73 Å². The molecule has 0 aromatic rings. The highest BCUT2D eigenvalue weighted by Crippen LogP contribution is 2.47. The minimum Gasteiger partial charge on any atom is -0.338 e. The summed E-state index contributed by atoms with van der Waals surface area (Å²) in [4.78, 5) is 14.1. The molecule has 4 fully saturated rings. The number of hydrogen-bond donors (Lipinski definition) is 1. The third-order valence-corrected chi connectivity index (χ3v) is 4.41. The van der Waals surface area contributed by atoms with Gasteiger partial charge in [-0.1, -0.05) is 13.3 Å². The monoisotopic (exact) mass is 194 g/mol. The first kappa shape index (κ1) is 8.72. The topological polar surface area (TPSA) is 46.3 Å². The van der Waals surface area contributed by atoms with Crippen LogP contribution in [0.1, 0.15) is 26.2 Å². The van der Waals surface area contributed by atoms with Crippen LogP contribution in [0, 0.1) is 17.8 Å². The molecule has 1 amide bonds. The third kappa shape index (κ3) is 0.991. The zero-order valence-electron chi connectivity index (χ0n) is 8.65. The molecule has 5 atom stereocenters. The van der Waals surface area contributed by atoms with Crippen LogP contribution in [-0.2, 0) is 4.79 Å². The van der Waals surface area contributed by atoms with Gasteiger partial charge in [0.2, 0.25) is 5.91 Å². The Morgan fingerprint density at radius 1 is 1.50 bits per heavy atom. The fourth-order valence-corrected chi connectivity index (χ4v) is 3.13. The molecule has 0 aromatic carbocycles. The Morgan fingerprint density at radius 3 is 2.71 bits per heavy atom. The molecule has 14 heavy (non-hydrogen) atoms. The number of amides is 1. The van der Waals surface area contributed by atoms with Crippen molar-refractivity contribution < 1.29 is 4.79 Å². The maximum atomic E-state index is 12.0. The molecule has 4 rings (SSSR count). The number of nitrogens with two attached hydrogens (primary N) is 1. The van der Waals surface area contributed by atoms with Crippen molar-refractivity contribution in [2.75, 3.05) is 6.54 Å². The average molecular weight is 194 g/mol. The van der Waals surface area contributed by atoms with Gasteiger partial charge in [0.25, 0.3) is 0 Å². The lowest BCUT2D eigenvalue weighted by Crippen LogP contribution is -2.50. The molecule has 2 aliphatic heterocycles. The summed E-state index contributed by atoms with van der Waals surface area (Å²) in [6.45, 7) is 3.12. The zero-order valence-corrected chi connectivity index (χ0v) is 8.65. The summed E-state index contributed by atoms with van der Waals surface area (Å²) in [6, 6.07) is 0.684. The maximum absolute atomic E-state index is 12.0. The first-order valence-electron chi connectivity index (χ1n) is 5.78. The highest BCUT2D eigenvalue weighted by atomic mass is 16.2. The Hall–Kier alpha value is -0.570. The molecular weight excluding hydrogens is 176 g/mol. The number of nitrogens with zero attached hydrogens (tertiary/aromatic N) is 1. The predicted molar refractivity (Wildman–Crippen MR) is 53.5 cm³/mol. The highest BCUT2D eigenvalue weighted by Gasteiger charge is 2.55. The van der Waals surface area contributed by atoms with E-state index in [-0.39, 0.29) is 6.04 Å². The van der Waals surface area contributed by atoms with Crippen LogP contribution in [0.4, 0.5) is 0 Å². The van der Waals surface area contributed by atoms with Gasteiger partial charge >= 0.3 is 0 Å². The van der Waals surface area contributed by atoms with Crippen LogP contribution < -0.4 is 5.73 Å². The van der Waals surface area contributed by atoms with Gasteiger partial charge < -0.3 is 10.6 Å². The van der Waals surface area contributed by atoms with Crippen molar-refractivity contribution in [3.63, 3.8) is 0 Å². The second-order valence-corrected chi connectivity index (χ2v) is 5.14. The van der Waals surface area contributed by atoms with Crippen molar-refractivity contribution in [3.05, 3.63) is 0 Å². The molecule has 78 valence electrons. The molecule has 3 heteroatoms. The van der Waals surface area contributed by atoms with Crippen LogP contribution >= 0.6 is 0 Å². The van der Waals surface area contributed by atoms with E-state index in [1.165, 1.54) is 0 Å². The van der Waals surface area contributed by atoms with Gasteiger partial charge in [-0.15, -0.1) is 0 Å². The van der Waals surface area contributed by atoms with Gasteiger partial charge in [-0.25, -0.2) is 0 Å². The summed E-state index contributed by atoms with van der Waals surface area (Å²) in [6.07, 6.45) is 3.44. The normalized spacial score (nSPS) is 49.0. The van der Waals surface area contributed by atoms with E-state index in [2.05, 4.69) is 11.8 Å². The van der Waals surface area contributed by atoms with E-state index in [0.29, 0.717) is 29.7 Å². The average Bonchev–Trinajstić information content (AvgIpc) is 2.74. The molecule has 2 heterocycles. The molecule has 0 spiro atoms. The summed E-state index contributed by atoms with van der Waals surface area (Å²) in [5.41, 5.74) is 5.95. The fourth-order valence-electron chi connectivity index (χ4n) is 3.13. The molecule has 3 nitrogen and oxygen atoms in total. The lowest BCUT2D eigenvalue weighted by Gasteiger charge is -2.33. The van der Waals surface area contributed by atoms with Gasteiger partial charge in [0, 0.05) is 24.5 Å². The first-order chi connectivity index (χ1) is 6.72. The van der Waals surface area contributed by atoms with Crippen LogP contribution in [0.15, 0.2) is 0 Å². The quantitative estimate of drug-likeness (QED) is 0.699. The second-order valence-electron chi connectivity index (χ2n) is 5.14. The first-order valence-corrected chi connectivity index (χ1v) is 5.78. The van der Waals surface area contributed by atoms with Crippen molar-refractivity contribution in [1.82, 2.24) is 4.90 Å². The Labute approximate surface area is 84.6 Å². The number of carbonyl (C=O) groups is 1. The summed E-state index contributed by atoms with van der Waals surface area (Å²) in [7, 11) is 0. The zero-order chi connectivity index (χ0) is 9.87. The standard InChI is InChI=1S/C11H18N2O/c1-2-6-3-8(6)11(14)13-5-7-4-9(13)10(7)12/h6-10H,2-5,12H2,1H3/t6-,7?,8-,9?,10?/m1/s1. The van der Waals surface area contributed by atoms with E-state index in [1.54, 1.807) is 0 Å². The molecule has 2 saturated heterocycles. The van der Waals surface area contributed by atoms with Crippen LogP contribution in [0.3, 0.4) is 0 Å². The van der Waals surface area contributed by atoms with Crippen LogP contribution in [0.25, 0.3) is 0 Å². The SMILES string of the molecule is CC[C@@H]1C[C@H]1C(=O)N1CC2CC1C2N. The predicted octanol–water partition coefficient (Wildman–Crippen LogP) is 0.591. The minimum atomic E-state index is 0.290. The molecule has 2 bridgehead atoms. The van der Waals surface area contributed by atoms with Gasteiger partial charge in [-0.2, -0.15) is 0 Å². The Balaban J connectivity index is 1.65. The van der Waals surface area contributed by atoms with Crippen LogP contribution in [-0.4, -0.2) is 29.4 Å². The summed E-state index contributed by atoms with van der Waals surface area (Å²) in [5, 5.41) is 0. The molecule has 3 unspecified atom stereocenters. The van der Waals surface area contributed by atoms with Crippen molar-refractivity contribution in [1.29, 1.82) is 0 Å². The summed E-state index contributed by atoms with van der Waals surface area (Å²) in [5.74, 6) is 2.04. The molecule has 2 N–H and O–H groups in total. The smallest absolute Gasteiger partial charge is 0.226 e. The number of fused-ring (bicyclic) bond motifs is 1. The van der Waals surface area contributed by atoms with E-state index < -0.39 is 0 Å². The fraction of sp³-hybridized carbons (Fsp3) is 0.909. The Kier molecular flexibility index (Phi) is 1.69. The van der Waals surface area contributed by atoms with Crippen molar-refractivity contribution in [2.45, 2.75) is 38.3 Å². The number of hydrogen-bond acceptors (Lipinski definition) is 2. The highest BCUT2D eigenvalue weighted by molar-refractivity contribution is 5.82. The lowest BCUT2D eigenvalue weighted by atomic mass is 9.81. The minimum absolute atomic E-state index is 0.290. The van der Waals surface area contributed by atoms with Gasteiger partial charge in [0.1, 0.15) is 0 Å². The molecule has 0 aromatic heterocycles. The van der Waals surface area contributed by atoms with Gasteiger partial charge in [0.15, 0.2) is 0 Å². The van der Waals surface area contributed by atoms with Crippen LogP contribution in [0.5, 0.6) is 0 Å². The Bertz CT molecular complexity index is 278. The molecule has 2 aliphatic carbocycles. The molecule has 0 radical (unpaired) electrons. The van der Waals surface area contributed by atoms with Gasteiger partial charge in [-0.05, 0) is 24.7 Å². The summed E-state index contributed by atoms with van der Waals surface area (Å²) >= 11 is 0. The van der Waals surface area contributed by atoms with Gasteiger partial charge in [0.05, 0.1) is 0 Å². The van der Waals surface area contributed by atoms with Crippen molar-refractivity contribution >= 4 is 5.91 Å². The van der Waals surface area contributed by atoms with E-state index in [1.807, 2.05) is 0 Å². The van der Waals surface area contributed by atoms with Gasteiger partial charge in [-0.3, -0.25) is 4.79 Å². The number of rotatable bonds is 2. The third-order valence-electron chi connectivity index (χ3n) is 4.41. The van der Waals surface area contributed by atoms with E-state index >= 15 is 0 Å². The van der Waals surface area contributed by atoms with E-state index in [0.717, 1.165) is 25.8 Å².